The van der Waals surface area contributed by atoms with E-state index in [1.807, 2.05) is 6.92 Å². The summed E-state index contributed by atoms with van der Waals surface area (Å²) in [5, 5.41) is 2.88. The molecule has 0 radical (unpaired) electrons. The number of nitrogens with two attached hydrogens (primary N) is 1. The average molecular weight is 268 g/mol. The van der Waals surface area contributed by atoms with Gasteiger partial charge in [0.25, 0.3) is 0 Å². The molecule has 0 unspecified atom stereocenters. The number of thioether (sulfide) groups is 1. The van der Waals surface area contributed by atoms with E-state index in [0.717, 1.165) is 18.4 Å². The molecule has 1 aliphatic rings. The first-order valence-corrected chi connectivity index (χ1v) is 7.02. The Morgan fingerprint density at radius 1 is 1.61 bits per heavy atom. The predicted octanol–water partition coefficient (Wildman–Crippen LogP) is 2.22. The maximum atomic E-state index is 13.7. The molecule has 0 saturated heterocycles. The first kappa shape index (κ1) is 13.4. The summed E-state index contributed by atoms with van der Waals surface area (Å²) >= 11 is 1.21. The summed E-state index contributed by atoms with van der Waals surface area (Å²) < 4.78 is 13.7. The number of hydrogen-bond donors (Lipinski definition) is 2. The fraction of sp³-hybridized carbons (Fsp3) is 0.462. The number of amides is 1. The summed E-state index contributed by atoms with van der Waals surface area (Å²) in [6.07, 6.45) is 2.11. The van der Waals surface area contributed by atoms with Crippen molar-refractivity contribution in [3.05, 3.63) is 29.6 Å². The highest BCUT2D eigenvalue weighted by molar-refractivity contribution is 8.00. The highest BCUT2D eigenvalue weighted by Crippen LogP contribution is 2.29. The van der Waals surface area contributed by atoms with Gasteiger partial charge in [0.15, 0.2) is 0 Å². The van der Waals surface area contributed by atoms with E-state index in [4.69, 9.17) is 5.73 Å². The van der Waals surface area contributed by atoms with Crippen LogP contribution in [0.5, 0.6) is 0 Å². The molecule has 0 heterocycles. The van der Waals surface area contributed by atoms with Crippen molar-refractivity contribution in [1.82, 2.24) is 5.32 Å². The smallest absolute Gasteiger partial charge is 0.230 e. The Labute approximate surface area is 110 Å². The molecule has 0 spiro atoms. The first-order valence-electron chi connectivity index (χ1n) is 6.04. The van der Waals surface area contributed by atoms with E-state index in [9.17, 15) is 9.18 Å². The SMILES string of the molecule is C[C@H](N)c1cccc(F)c1SCC(=O)NC1CC1. The van der Waals surface area contributed by atoms with Crippen LogP contribution < -0.4 is 11.1 Å². The molecule has 1 aromatic rings. The van der Waals surface area contributed by atoms with Crippen LogP contribution in [-0.4, -0.2) is 17.7 Å². The van der Waals surface area contributed by atoms with Gasteiger partial charge in [-0.25, -0.2) is 4.39 Å². The lowest BCUT2D eigenvalue weighted by molar-refractivity contribution is -0.118. The number of nitrogens with one attached hydrogen (secondary N) is 1. The quantitative estimate of drug-likeness (QED) is 0.805. The second kappa shape index (κ2) is 5.71. The Hall–Kier alpha value is -1.07. The van der Waals surface area contributed by atoms with Crippen LogP contribution in [-0.2, 0) is 4.79 Å². The van der Waals surface area contributed by atoms with Crippen LogP contribution in [0.3, 0.4) is 0 Å². The number of carbonyl (C=O) groups excluding carboxylic acids is 1. The average Bonchev–Trinajstić information content (AvgIpc) is 3.10. The van der Waals surface area contributed by atoms with Crippen molar-refractivity contribution in [2.24, 2.45) is 5.73 Å². The number of hydrogen-bond acceptors (Lipinski definition) is 3. The second-order valence-electron chi connectivity index (χ2n) is 4.58. The van der Waals surface area contributed by atoms with Crippen LogP contribution in [0.4, 0.5) is 4.39 Å². The van der Waals surface area contributed by atoms with E-state index >= 15 is 0 Å². The molecule has 2 rings (SSSR count). The third-order valence-corrected chi connectivity index (χ3v) is 3.90. The summed E-state index contributed by atoms with van der Waals surface area (Å²) in [7, 11) is 0. The van der Waals surface area contributed by atoms with Crippen molar-refractivity contribution in [3.8, 4) is 0 Å². The zero-order chi connectivity index (χ0) is 13.1. The fourth-order valence-corrected chi connectivity index (χ4v) is 2.66. The normalized spacial score (nSPS) is 16.4. The fourth-order valence-electron chi connectivity index (χ4n) is 1.67. The van der Waals surface area contributed by atoms with E-state index in [-0.39, 0.29) is 23.5 Å². The highest BCUT2D eigenvalue weighted by atomic mass is 32.2. The molecule has 1 amide bonds. The van der Waals surface area contributed by atoms with Crippen LogP contribution in [0.25, 0.3) is 0 Å². The van der Waals surface area contributed by atoms with Gasteiger partial charge in [0.2, 0.25) is 5.91 Å². The zero-order valence-electron chi connectivity index (χ0n) is 10.3. The minimum absolute atomic E-state index is 0.0404. The lowest BCUT2D eigenvalue weighted by Gasteiger charge is -2.13. The molecule has 0 aliphatic heterocycles. The Morgan fingerprint density at radius 3 is 2.94 bits per heavy atom. The monoisotopic (exact) mass is 268 g/mol. The number of rotatable bonds is 5. The van der Waals surface area contributed by atoms with Gasteiger partial charge < -0.3 is 11.1 Å². The van der Waals surface area contributed by atoms with E-state index in [1.54, 1.807) is 12.1 Å². The molecule has 1 aromatic carbocycles. The molecule has 0 bridgehead atoms. The Bertz CT molecular complexity index is 447. The topological polar surface area (TPSA) is 55.1 Å². The molecule has 3 nitrogen and oxygen atoms in total. The zero-order valence-corrected chi connectivity index (χ0v) is 11.1. The van der Waals surface area contributed by atoms with Crippen LogP contribution in [0, 0.1) is 5.82 Å². The van der Waals surface area contributed by atoms with Crippen molar-refractivity contribution >= 4 is 17.7 Å². The van der Waals surface area contributed by atoms with Gasteiger partial charge in [-0.3, -0.25) is 4.79 Å². The lowest BCUT2D eigenvalue weighted by Crippen LogP contribution is -2.27. The minimum Gasteiger partial charge on any atom is -0.353 e. The number of benzene rings is 1. The maximum absolute atomic E-state index is 13.7. The van der Waals surface area contributed by atoms with E-state index in [0.29, 0.717) is 10.9 Å². The first-order chi connectivity index (χ1) is 8.58. The van der Waals surface area contributed by atoms with Gasteiger partial charge in [-0.05, 0) is 31.4 Å². The van der Waals surface area contributed by atoms with Gasteiger partial charge in [-0.2, -0.15) is 0 Å². The van der Waals surface area contributed by atoms with Crippen LogP contribution in [0.2, 0.25) is 0 Å². The summed E-state index contributed by atoms with van der Waals surface area (Å²) in [6.45, 7) is 1.81. The van der Waals surface area contributed by atoms with Gasteiger partial charge >= 0.3 is 0 Å². The van der Waals surface area contributed by atoms with Gasteiger partial charge in [0, 0.05) is 17.0 Å². The van der Waals surface area contributed by atoms with Crippen molar-refractivity contribution in [1.29, 1.82) is 0 Å². The van der Waals surface area contributed by atoms with Crippen molar-refractivity contribution in [3.63, 3.8) is 0 Å². The van der Waals surface area contributed by atoms with E-state index < -0.39 is 0 Å². The van der Waals surface area contributed by atoms with E-state index in [1.165, 1.54) is 17.8 Å². The standard InChI is InChI=1S/C13H17FN2OS/c1-8(15)10-3-2-4-11(14)13(10)18-7-12(17)16-9-5-6-9/h2-4,8-9H,5-7,15H2,1H3,(H,16,17)/t8-/m0/s1. The van der Waals surface area contributed by atoms with Gasteiger partial charge in [-0.15, -0.1) is 11.8 Å². The molecular formula is C13H17FN2OS. The molecule has 1 saturated carbocycles. The Kier molecular flexibility index (Phi) is 4.24. The van der Waals surface area contributed by atoms with Gasteiger partial charge in [0.1, 0.15) is 5.82 Å². The van der Waals surface area contributed by atoms with Crippen LogP contribution >= 0.6 is 11.8 Å². The third kappa shape index (κ3) is 3.46. The minimum atomic E-state index is -0.311. The number of carbonyl (C=O) groups is 1. The molecule has 18 heavy (non-hydrogen) atoms. The Balaban J connectivity index is 2.00. The second-order valence-corrected chi connectivity index (χ2v) is 5.56. The van der Waals surface area contributed by atoms with Crippen LogP contribution in [0.15, 0.2) is 23.1 Å². The molecule has 98 valence electrons. The maximum Gasteiger partial charge on any atom is 0.230 e. The van der Waals surface area contributed by atoms with Gasteiger partial charge in [-0.1, -0.05) is 12.1 Å². The van der Waals surface area contributed by atoms with Crippen LogP contribution in [0.1, 0.15) is 31.4 Å². The predicted molar refractivity (Wildman–Crippen MR) is 70.9 cm³/mol. The summed E-state index contributed by atoms with van der Waals surface area (Å²) in [5.74, 6) is -0.118. The molecular weight excluding hydrogens is 251 g/mol. The third-order valence-electron chi connectivity index (χ3n) is 2.78. The lowest BCUT2D eigenvalue weighted by atomic mass is 10.1. The summed E-state index contributed by atoms with van der Waals surface area (Å²) in [4.78, 5) is 12.1. The summed E-state index contributed by atoms with van der Waals surface area (Å²) in [6, 6.07) is 4.94. The molecule has 1 fully saturated rings. The van der Waals surface area contributed by atoms with E-state index in [2.05, 4.69) is 5.32 Å². The largest absolute Gasteiger partial charge is 0.353 e. The van der Waals surface area contributed by atoms with Crippen molar-refractivity contribution in [2.75, 3.05) is 5.75 Å². The van der Waals surface area contributed by atoms with Gasteiger partial charge in [0.05, 0.1) is 5.75 Å². The molecule has 0 aromatic heterocycles. The van der Waals surface area contributed by atoms with Crippen molar-refractivity contribution in [2.45, 2.75) is 36.7 Å². The molecule has 5 heteroatoms. The van der Waals surface area contributed by atoms with Crippen molar-refractivity contribution < 1.29 is 9.18 Å². The Morgan fingerprint density at radius 2 is 2.33 bits per heavy atom. The molecule has 3 N–H and O–H groups in total. The number of halogens is 1. The molecule has 1 aliphatic carbocycles. The summed E-state index contributed by atoms with van der Waals surface area (Å²) in [5.41, 5.74) is 6.55. The molecule has 1 atom stereocenters. The highest BCUT2D eigenvalue weighted by Gasteiger charge is 2.23.